The average molecular weight is 582 g/mol. The summed E-state index contributed by atoms with van der Waals surface area (Å²) in [6, 6.07) is 10.0. The summed E-state index contributed by atoms with van der Waals surface area (Å²) in [6.45, 7) is 7.77. The highest BCUT2D eigenvalue weighted by atomic mass is 32.2. The minimum atomic E-state index is -3.76. The van der Waals surface area contributed by atoms with Crippen molar-refractivity contribution < 1.29 is 22.0 Å². The molecule has 0 spiro atoms. The van der Waals surface area contributed by atoms with E-state index >= 15 is 4.39 Å². The minimum Gasteiger partial charge on any atom is -0.360 e. The molecule has 11 heteroatoms. The molecule has 2 aromatic heterocycles. The Morgan fingerprint density at radius 3 is 2.49 bits per heavy atom. The number of sulfone groups is 1. The number of piperazine rings is 1. The molecular weight excluding hydrogens is 548 g/mol. The lowest BCUT2D eigenvalue weighted by Crippen LogP contribution is -2.58. The normalized spacial score (nSPS) is 19.0. The largest absolute Gasteiger partial charge is 0.360 e. The molecule has 2 N–H and O–H groups in total. The number of fused-ring (bicyclic) bond motifs is 1. The van der Waals surface area contributed by atoms with E-state index in [1.54, 1.807) is 6.20 Å². The van der Waals surface area contributed by atoms with Crippen molar-refractivity contribution in [1.82, 2.24) is 25.2 Å². The van der Waals surface area contributed by atoms with Crippen molar-refractivity contribution in [2.75, 3.05) is 19.3 Å². The molecule has 1 aliphatic heterocycles. The first-order valence-corrected chi connectivity index (χ1v) is 15.4. The number of para-hydroxylation sites is 1. The number of rotatable bonds is 8. The topological polar surface area (TPSA) is 108 Å². The number of H-pyrrole nitrogens is 1. The van der Waals surface area contributed by atoms with Crippen molar-refractivity contribution in [3.8, 4) is 11.3 Å². The molecule has 0 bridgehead atoms. The Bertz CT molecular complexity index is 1710. The Morgan fingerprint density at radius 1 is 1.10 bits per heavy atom. The molecule has 0 saturated carbocycles. The van der Waals surface area contributed by atoms with E-state index in [4.69, 9.17) is 0 Å². The first kappa shape index (κ1) is 29.0. The molecule has 41 heavy (non-hydrogen) atoms. The molecule has 216 valence electrons. The third-order valence-electron chi connectivity index (χ3n) is 7.61. The van der Waals surface area contributed by atoms with Gasteiger partial charge < -0.3 is 10.3 Å². The molecule has 3 heterocycles. The molecule has 0 amide bonds. The van der Waals surface area contributed by atoms with Gasteiger partial charge in [0.2, 0.25) is 0 Å². The van der Waals surface area contributed by atoms with E-state index < -0.39 is 26.4 Å². The highest BCUT2D eigenvalue weighted by Gasteiger charge is 2.29. The van der Waals surface area contributed by atoms with E-state index in [0.717, 1.165) is 36.6 Å². The van der Waals surface area contributed by atoms with Gasteiger partial charge in [0, 0.05) is 66.9 Å². The molecule has 5 rings (SSSR count). The predicted molar refractivity (Wildman–Crippen MR) is 153 cm³/mol. The van der Waals surface area contributed by atoms with Gasteiger partial charge in [-0.05, 0) is 38.0 Å². The number of ketones is 1. The molecule has 8 nitrogen and oxygen atoms in total. The number of halogens is 2. The standard InChI is InChI=1S/C30H33F2N5O3S/c1-17-15-37(16-18(2)35-17)19(3)25(38)11-21-8-5-9-22-23(13-34-29(21)22)30-24(31)14-33-27(36-30)12-20-7-6-10-26(28(20)32)41(4,39)40/h5-10,13-14,17-19,34-35H,11-12,15-16H2,1-4H3/t17-,18-,19+/m0/s1. The van der Waals surface area contributed by atoms with E-state index in [0.29, 0.717) is 23.0 Å². The smallest absolute Gasteiger partial charge is 0.178 e. The van der Waals surface area contributed by atoms with Gasteiger partial charge in [-0.3, -0.25) is 9.69 Å². The number of aromatic nitrogens is 3. The maximum atomic E-state index is 15.0. The highest BCUT2D eigenvalue weighted by Crippen LogP contribution is 2.31. The zero-order chi connectivity index (χ0) is 29.5. The summed E-state index contributed by atoms with van der Waals surface area (Å²) in [5.41, 5.74) is 2.13. The van der Waals surface area contributed by atoms with Gasteiger partial charge in [-0.15, -0.1) is 0 Å². The van der Waals surface area contributed by atoms with E-state index in [2.05, 4.69) is 39.0 Å². The second-order valence-corrected chi connectivity index (χ2v) is 12.9. The van der Waals surface area contributed by atoms with Crippen molar-refractivity contribution in [3.63, 3.8) is 0 Å². The van der Waals surface area contributed by atoms with Gasteiger partial charge in [0.1, 0.15) is 22.2 Å². The number of aromatic amines is 1. The third-order valence-corrected chi connectivity index (χ3v) is 8.72. The number of carbonyl (C=O) groups is 1. The maximum absolute atomic E-state index is 15.0. The Kier molecular flexibility index (Phi) is 8.04. The number of benzene rings is 2. The molecule has 4 aromatic rings. The molecule has 3 atom stereocenters. The van der Waals surface area contributed by atoms with Gasteiger partial charge in [0.05, 0.1) is 12.2 Å². The van der Waals surface area contributed by atoms with Crippen LogP contribution in [0.4, 0.5) is 8.78 Å². The molecule has 0 aliphatic carbocycles. The second-order valence-electron chi connectivity index (χ2n) is 10.9. The van der Waals surface area contributed by atoms with Gasteiger partial charge in [-0.2, -0.15) is 0 Å². The highest BCUT2D eigenvalue weighted by molar-refractivity contribution is 7.90. The van der Waals surface area contributed by atoms with Crippen molar-refractivity contribution >= 4 is 26.5 Å². The van der Waals surface area contributed by atoms with Crippen LogP contribution in [0.3, 0.4) is 0 Å². The van der Waals surface area contributed by atoms with Crippen molar-refractivity contribution in [3.05, 3.63) is 77.4 Å². The Morgan fingerprint density at radius 2 is 1.78 bits per heavy atom. The predicted octanol–water partition coefficient (Wildman–Crippen LogP) is 4.08. The van der Waals surface area contributed by atoms with Crippen LogP contribution in [-0.2, 0) is 27.5 Å². The monoisotopic (exact) mass is 581 g/mol. The maximum Gasteiger partial charge on any atom is 0.178 e. The zero-order valence-electron chi connectivity index (χ0n) is 23.4. The summed E-state index contributed by atoms with van der Waals surface area (Å²) in [6.07, 6.45) is 3.71. The molecule has 2 aromatic carbocycles. The van der Waals surface area contributed by atoms with Crippen LogP contribution in [0.1, 0.15) is 37.7 Å². The number of nitrogens with one attached hydrogen (secondary N) is 2. The van der Waals surface area contributed by atoms with E-state index in [-0.39, 0.29) is 41.7 Å². The lowest BCUT2D eigenvalue weighted by Gasteiger charge is -2.39. The Hall–Kier alpha value is -3.54. The Labute approximate surface area is 238 Å². The van der Waals surface area contributed by atoms with Gasteiger partial charge >= 0.3 is 0 Å². The van der Waals surface area contributed by atoms with Crippen LogP contribution in [0.15, 0.2) is 53.7 Å². The summed E-state index contributed by atoms with van der Waals surface area (Å²) in [4.78, 5) is 26.7. The first-order chi connectivity index (χ1) is 19.4. The van der Waals surface area contributed by atoms with Crippen LogP contribution in [0.5, 0.6) is 0 Å². The van der Waals surface area contributed by atoms with E-state index in [1.165, 1.54) is 18.2 Å². The summed E-state index contributed by atoms with van der Waals surface area (Å²) < 4.78 is 53.8. The summed E-state index contributed by atoms with van der Waals surface area (Å²) >= 11 is 0. The number of Topliss-reactive ketones (excluding diaryl/α,β-unsaturated/α-hetero) is 1. The average Bonchev–Trinajstić information content (AvgIpc) is 3.34. The number of hydrogen-bond donors (Lipinski definition) is 2. The number of hydrogen-bond acceptors (Lipinski definition) is 7. The second kappa shape index (κ2) is 11.4. The van der Waals surface area contributed by atoms with Gasteiger partial charge in [0.15, 0.2) is 21.4 Å². The fourth-order valence-electron chi connectivity index (χ4n) is 5.61. The van der Waals surface area contributed by atoms with Crippen molar-refractivity contribution in [2.24, 2.45) is 0 Å². The van der Waals surface area contributed by atoms with Crippen molar-refractivity contribution in [1.29, 1.82) is 0 Å². The molecule has 1 saturated heterocycles. The van der Waals surface area contributed by atoms with Crippen molar-refractivity contribution in [2.45, 2.75) is 56.6 Å². The fraction of sp³-hybridized carbons (Fsp3) is 0.367. The van der Waals surface area contributed by atoms with Gasteiger partial charge in [-0.25, -0.2) is 27.2 Å². The Balaban J connectivity index is 1.42. The molecular formula is C30H33F2N5O3S. The van der Waals surface area contributed by atoms with Crippen LogP contribution < -0.4 is 5.32 Å². The van der Waals surface area contributed by atoms with E-state index in [1.807, 2.05) is 25.1 Å². The summed E-state index contributed by atoms with van der Waals surface area (Å²) in [5, 5.41) is 4.18. The lowest BCUT2D eigenvalue weighted by atomic mass is 9.99. The van der Waals surface area contributed by atoms with Crippen LogP contribution in [0.2, 0.25) is 0 Å². The van der Waals surface area contributed by atoms with Gasteiger partial charge in [0.25, 0.3) is 0 Å². The fourth-order valence-corrected chi connectivity index (χ4v) is 6.39. The van der Waals surface area contributed by atoms with Crippen LogP contribution in [0.25, 0.3) is 22.2 Å². The SMILES string of the molecule is C[C@H](C(=O)Cc1cccc2c(-c3nc(Cc4cccc(S(C)(=O)=O)c4F)ncc3F)c[nH]c12)N1C[C@H](C)N[C@@H](C)C1. The summed E-state index contributed by atoms with van der Waals surface area (Å²) in [5.74, 6) is -1.29. The lowest BCUT2D eigenvalue weighted by molar-refractivity contribution is -0.123. The van der Waals surface area contributed by atoms with Crippen LogP contribution >= 0.6 is 0 Å². The molecule has 0 unspecified atom stereocenters. The molecule has 0 radical (unpaired) electrons. The zero-order valence-corrected chi connectivity index (χ0v) is 24.2. The number of carbonyl (C=O) groups excluding carboxylic acids is 1. The minimum absolute atomic E-state index is 0.0292. The molecule has 1 aliphatic rings. The van der Waals surface area contributed by atoms with Crippen LogP contribution in [-0.4, -0.2) is 71.5 Å². The molecule has 1 fully saturated rings. The van der Waals surface area contributed by atoms with E-state index in [9.17, 15) is 17.6 Å². The third kappa shape index (κ3) is 6.07. The van der Waals surface area contributed by atoms with Gasteiger partial charge in [-0.1, -0.05) is 30.3 Å². The number of nitrogens with zero attached hydrogens (tertiary/aromatic N) is 3. The quantitative estimate of drug-likeness (QED) is 0.323. The first-order valence-electron chi connectivity index (χ1n) is 13.5. The van der Waals surface area contributed by atoms with Crippen LogP contribution in [0, 0.1) is 11.6 Å². The summed E-state index contributed by atoms with van der Waals surface area (Å²) in [7, 11) is -3.76.